The predicted octanol–water partition coefficient (Wildman–Crippen LogP) is 0.330. The van der Waals surface area contributed by atoms with E-state index in [0.717, 1.165) is 78.3 Å². The van der Waals surface area contributed by atoms with Gasteiger partial charge in [0.1, 0.15) is 5.90 Å². The number of hydrogen-bond acceptors (Lipinski definition) is 6. The Morgan fingerprint density at radius 2 is 1.64 bits per heavy atom. The Hall–Kier alpha value is 0.220. The number of nitrogens with zero attached hydrogens (tertiary/aromatic N) is 3. The summed E-state index contributed by atoms with van der Waals surface area (Å²) >= 11 is 0. The average molecular weight is 396 g/mol. The molecule has 0 saturated carbocycles. The summed E-state index contributed by atoms with van der Waals surface area (Å²) in [6, 6.07) is 0. The number of rotatable bonds is 4. The minimum atomic E-state index is -3.65. The summed E-state index contributed by atoms with van der Waals surface area (Å²) in [6.45, 7) is 11.3. The van der Waals surface area contributed by atoms with Crippen LogP contribution in [0.25, 0.3) is 0 Å². The zero-order valence-electron chi connectivity index (χ0n) is 15.3. The van der Waals surface area contributed by atoms with Crippen molar-refractivity contribution in [3.63, 3.8) is 0 Å². The van der Waals surface area contributed by atoms with E-state index in [9.17, 15) is 14.0 Å². The fourth-order valence-electron chi connectivity index (χ4n) is 3.58. The van der Waals surface area contributed by atoms with E-state index in [0.29, 0.717) is 0 Å². The van der Waals surface area contributed by atoms with Gasteiger partial charge >= 0.3 is 0 Å². The van der Waals surface area contributed by atoms with Gasteiger partial charge in [-0.3, -0.25) is 14.0 Å². The van der Waals surface area contributed by atoms with Crippen LogP contribution < -0.4 is 5.32 Å². The summed E-state index contributed by atoms with van der Waals surface area (Å²) in [5.74, 6) is -1.05. The normalized spacial score (nSPS) is 32.4. The van der Waals surface area contributed by atoms with Crippen LogP contribution in [0.5, 0.6) is 0 Å². The Morgan fingerprint density at radius 3 is 2.36 bits per heavy atom. The van der Waals surface area contributed by atoms with Crippen molar-refractivity contribution >= 4 is 15.4 Å². The van der Waals surface area contributed by atoms with E-state index < -0.39 is 27.1 Å². The van der Waals surface area contributed by atoms with Crippen molar-refractivity contribution in [2.45, 2.75) is 25.5 Å². The molecule has 0 aromatic carbocycles. The van der Waals surface area contributed by atoms with Crippen LogP contribution in [-0.4, -0.2) is 102 Å². The third-order valence-electron chi connectivity index (χ3n) is 5.26. The molecule has 2 fully saturated rings. The summed E-state index contributed by atoms with van der Waals surface area (Å²) in [5, 5.41) is 3.49. The van der Waals surface area contributed by atoms with E-state index >= 15 is 0 Å². The van der Waals surface area contributed by atoms with E-state index in [1.807, 2.05) is 4.90 Å². The minimum Gasteiger partial charge on any atom is -0.346 e. The van der Waals surface area contributed by atoms with Crippen LogP contribution in [0.3, 0.4) is 0 Å². The maximum Gasteiger partial charge on any atom is 0.226 e. The van der Waals surface area contributed by atoms with Crippen LogP contribution in [0.1, 0.15) is 19.8 Å². The first-order chi connectivity index (χ1) is 11.9. The molecule has 0 aromatic heterocycles. The van der Waals surface area contributed by atoms with Crippen molar-refractivity contribution in [1.29, 1.82) is 0 Å². The average Bonchev–Trinajstić information content (AvgIpc) is 2.55. The molecule has 0 aromatic rings. The van der Waals surface area contributed by atoms with Crippen LogP contribution in [0.4, 0.5) is 0 Å². The maximum atomic E-state index is 12.5. The summed E-state index contributed by atoms with van der Waals surface area (Å²) in [6.07, 6.45) is 2.05. The van der Waals surface area contributed by atoms with Crippen LogP contribution >= 0.6 is 15.4 Å². The third kappa shape index (κ3) is 7.39. The molecule has 2 aliphatic rings. The van der Waals surface area contributed by atoms with E-state index in [4.69, 9.17) is 4.89 Å². The number of nitrogens with one attached hydrogen (secondary N) is 1. The van der Waals surface area contributed by atoms with Gasteiger partial charge in [0.15, 0.2) is 8.03 Å². The van der Waals surface area contributed by atoms with Gasteiger partial charge in [0.2, 0.25) is 7.37 Å². The topological polar surface area (TPSA) is 96.4 Å². The van der Waals surface area contributed by atoms with Crippen molar-refractivity contribution in [3.05, 3.63) is 0 Å². The molecule has 3 N–H and O–H groups in total. The second-order valence-corrected chi connectivity index (χ2v) is 11.4. The molecule has 5 unspecified atom stereocenters. The molecular formula is C15H34N4O4P2. The van der Waals surface area contributed by atoms with Gasteiger partial charge < -0.3 is 24.9 Å². The van der Waals surface area contributed by atoms with Gasteiger partial charge in [-0.15, -0.1) is 0 Å². The molecule has 0 spiro atoms. The molecule has 10 heteroatoms. The minimum absolute atomic E-state index is 0.475. The maximum absolute atomic E-state index is 12.5. The predicted molar refractivity (Wildman–Crippen MR) is 102 cm³/mol. The Labute approximate surface area is 151 Å². The van der Waals surface area contributed by atoms with Gasteiger partial charge in [0.05, 0.1) is 5.78 Å². The van der Waals surface area contributed by atoms with Crippen LogP contribution in [-0.2, 0) is 9.13 Å². The van der Waals surface area contributed by atoms with Gasteiger partial charge in [-0.05, 0) is 39.4 Å². The SMILES string of the molecule is CC(N1CCCN2CCNCCCN(CC2)CC1)P(=O)(O)C[PH](=O)O. The summed E-state index contributed by atoms with van der Waals surface area (Å²) in [7, 11) is -6.60. The Morgan fingerprint density at radius 1 is 1.00 bits per heavy atom. The second kappa shape index (κ2) is 10.5. The zero-order chi connectivity index (χ0) is 18.3. The van der Waals surface area contributed by atoms with E-state index in [-0.39, 0.29) is 0 Å². The highest BCUT2D eigenvalue weighted by molar-refractivity contribution is 7.68. The summed E-state index contributed by atoms with van der Waals surface area (Å²) < 4.78 is 23.6. The van der Waals surface area contributed by atoms with Crippen molar-refractivity contribution < 1.29 is 18.9 Å². The first-order valence-corrected chi connectivity index (χ1v) is 12.8. The van der Waals surface area contributed by atoms with Crippen LogP contribution in [0.15, 0.2) is 0 Å². The van der Waals surface area contributed by atoms with Crippen molar-refractivity contribution in [2.24, 2.45) is 0 Å². The molecule has 2 heterocycles. The Bertz CT molecular complexity index is 482. The van der Waals surface area contributed by atoms with Crippen molar-refractivity contribution in [2.75, 3.05) is 71.4 Å². The largest absolute Gasteiger partial charge is 0.346 e. The third-order valence-corrected chi connectivity index (χ3v) is 9.65. The molecule has 8 nitrogen and oxygen atoms in total. The fourth-order valence-corrected chi connectivity index (χ4v) is 6.93. The van der Waals surface area contributed by atoms with Crippen LogP contribution in [0, 0.1) is 0 Å². The van der Waals surface area contributed by atoms with Crippen LogP contribution in [0.2, 0.25) is 0 Å². The molecule has 5 atom stereocenters. The molecule has 0 amide bonds. The summed E-state index contributed by atoms with van der Waals surface area (Å²) in [5.41, 5.74) is 0. The molecule has 2 aliphatic heterocycles. The lowest BCUT2D eigenvalue weighted by Gasteiger charge is -2.37. The smallest absolute Gasteiger partial charge is 0.226 e. The lowest BCUT2D eigenvalue weighted by atomic mass is 10.2. The molecule has 25 heavy (non-hydrogen) atoms. The number of fused-ring (bicyclic) bond motifs is 3. The summed E-state index contributed by atoms with van der Waals surface area (Å²) in [4.78, 5) is 26.3. The van der Waals surface area contributed by atoms with Crippen molar-refractivity contribution in [3.8, 4) is 0 Å². The van der Waals surface area contributed by atoms with Crippen molar-refractivity contribution in [1.82, 2.24) is 20.0 Å². The standard InChI is InChI=1S/C15H34N4O4P2/c1-15(25(22,23)14-24(20)21)19-8-3-7-17-9-5-16-4-2-6-18(11-10-17)12-13-19/h15-16,24H,2-14H2,1H3,(H,20,21)(H,22,23). The zero-order valence-corrected chi connectivity index (χ0v) is 17.2. The Kier molecular flexibility index (Phi) is 9.06. The van der Waals surface area contributed by atoms with E-state index in [1.54, 1.807) is 6.92 Å². The highest BCUT2D eigenvalue weighted by Gasteiger charge is 2.33. The van der Waals surface area contributed by atoms with E-state index in [1.165, 1.54) is 0 Å². The quantitative estimate of drug-likeness (QED) is 0.585. The molecule has 2 saturated heterocycles. The highest BCUT2D eigenvalue weighted by Crippen LogP contribution is 2.52. The molecular weight excluding hydrogens is 362 g/mol. The molecule has 2 rings (SSSR count). The van der Waals surface area contributed by atoms with Gasteiger partial charge in [-0.2, -0.15) is 0 Å². The number of hydrogen-bond donors (Lipinski definition) is 3. The van der Waals surface area contributed by atoms with Gasteiger partial charge in [-0.25, -0.2) is 0 Å². The first-order valence-electron chi connectivity index (χ1n) is 9.31. The first kappa shape index (κ1) is 21.5. The van der Waals surface area contributed by atoms with Gasteiger partial charge in [0.25, 0.3) is 0 Å². The highest BCUT2D eigenvalue weighted by atomic mass is 31.2. The second-order valence-electron chi connectivity index (χ2n) is 7.12. The molecule has 148 valence electrons. The molecule has 0 aliphatic carbocycles. The molecule has 0 radical (unpaired) electrons. The van der Waals surface area contributed by atoms with Gasteiger partial charge in [-0.1, -0.05) is 0 Å². The molecule has 2 bridgehead atoms. The lowest BCUT2D eigenvalue weighted by molar-refractivity contribution is 0.137. The monoisotopic (exact) mass is 396 g/mol. The Balaban J connectivity index is 2.04. The van der Waals surface area contributed by atoms with Gasteiger partial charge in [0, 0.05) is 45.8 Å². The fraction of sp³-hybridized carbons (Fsp3) is 1.00. The van der Waals surface area contributed by atoms with E-state index in [2.05, 4.69) is 15.1 Å². The lowest BCUT2D eigenvalue weighted by Crippen LogP contribution is -2.47.